The lowest BCUT2D eigenvalue weighted by Crippen LogP contribution is -2.68. The van der Waals surface area contributed by atoms with Crippen molar-refractivity contribution in [3.8, 4) is 23.7 Å². The maximum atomic E-state index is 13.5. The summed E-state index contributed by atoms with van der Waals surface area (Å²) < 4.78 is 81.7. The predicted molar refractivity (Wildman–Crippen MR) is 343 cm³/mol. The second-order valence-electron chi connectivity index (χ2n) is 27.4. The smallest absolute Gasteiger partial charge is 0.220 e. The van der Waals surface area contributed by atoms with E-state index >= 15 is 0 Å². The molecule has 14 bridgehead atoms. The molecule has 21 rings (SSSR count). The monoisotopic (exact) mass is 1490 g/mol. The second-order valence-corrected chi connectivity index (χ2v) is 27.4. The van der Waals surface area contributed by atoms with Crippen LogP contribution in [0.1, 0.15) is 129 Å². The lowest BCUT2D eigenvalue weighted by Gasteiger charge is -2.50. The summed E-state index contributed by atoms with van der Waals surface area (Å²) in [5.41, 5.74) is 0. The summed E-state index contributed by atoms with van der Waals surface area (Å²) in [5.74, 6) is 11.6. The van der Waals surface area contributed by atoms with Gasteiger partial charge in [-0.3, -0.25) is 4.79 Å². The molecule has 0 aromatic rings. The Morgan fingerprint density at radius 2 is 0.476 bits per heavy atom. The highest BCUT2D eigenvalue weighted by molar-refractivity contribution is 5.75. The first-order chi connectivity index (χ1) is 49.5. The number of ether oxygens (including phenoxy) is 14. The summed E-state index contributed by atoms with van der Waals surface area (Å²) >= 11 is 0. The van der Waals surface area contributed by atoms with Gasteiger partial charge in [0, 0.05) is 25.8 Å². The van der Waals surface area contributed by atoms with Gasteiger partial charge in [-0.05, 0) is 31.1 Å². The minimum Gasteiger partial charge on any atom is -0.394 e. The van der Waals surface area contributed by atoms with Crippen molar-refractivity contribution in [1.82, 2.24) is 5.32 Å². The summed E-state index contributed by atoms with van der Waals surface area (Å²) in [6.45, 7) is -4.68. The van der Waals surface area contributed by atoms with Crippen molar-refractivity contribution in [1.29, 1.82) is 0 Å². The maximum Gasteiger partial charge on any atom is 0.220 e. The van der Waals surface area contributed by atoms with Gasteiger partial charge in [0.25, 0.3) is 0 Å². The van der Waals surface area contributed by atoms with Crippen molar-refractivity contribution in [3.63, 3.8) is 0 Å². The van der Waals surface area contributed by atoms with Crippen molar-refractivity contribution in [2.75, 3.05) is 46.2 Å². The van der Waals surface area contributed by atoms with E-state index in [1.807, 2.05) is 0 Å². The molecule has 21 saturated heterocycles. The van der Waals surface area contributed by atoms with Gasteiger partial charge in [0.05, 0.1) is 39.6 Å². The molecule has 21 aliphatic heterocycles. The molecular formula is C67H111NO35. The third-order valence-electron chi connectivity index (χ3n) is 20.0. The van der Waals surface area contributed by atoms with Crippen molar-refractivity contribution in [2.45, 2.75) is 344 Å². The molecule has 21 heterocycles. The third-order valence-corrected chi connectivity index (χ3v) is 20.0. The summed E-state index contributed by atoms with van der Waals surface area (Å²) in [5, 5.41) is 228. The Morgan fingerprint density at radius 1 is 0.272 bits per heavy atom. The number of rotatable bonds is 26. The van der Waals surface area contributed by atoms with Crippen molar-refractivity contribution >= 4 is 5.91 Å². The Balaban J connectivity index is 0.961. The van der Waals surface area contributed by atoms with Crippen LogP contribution in [0.25, 0.3) is 0 Å². The van der Waals surface area contributed by atoms with Crippen LogP contribution >= 0.6 is 0 Å². The normalized spacial score (nSPS) is 44.0. The van der Waals surface area contributed by atoms with Crippen LogP contribution < -0.4 is 5.32 Å². The first kappa shape index (κ1) is 85.8. The molecule has 21 fully saturated rings. The predicted octanol–water partition coefficient (Wildman–Crippen LogP) is -7.67. The zero-order chi connectivity index (χ0) is 74.6. The second kappa shape index (κ2) is 42.4. The number of amides is 1. The molecule has 594 valence electrons. The number of unbranched alkanes of at least 4 members (excludes halogenated alkanes) is 16. The molecular weight excluding hydrogens is 1380 g/mol. The van der Waals surface area contributed by atoms with Crippen LogP contribution in [0, 0.1) is 23.7 Å². The van der Waals surface area contributed by atoms with Crippen molar-refractivity contribution in [3.05, 3.63) is 0 Å². The summed E-state index contributed by atoms with van der Waals surface area (Å²) in [6, 6.07) is 0. The van der Waals surface area contributed by atoms with Crippen molar-refractivity contribution in [2.24, 2.45) is 0 Å². The fraction of sp³-hybridized carbons (Fsp3) is 0.925. The molecule has 0 aromatic heterocycles. The minimum atomic E-state index is -2.24. The molecule has 0 aliphatic carbocycles. The first-order valence-corrected chi connectivity index (χ1v) is 36.1. The molecule has 36 nitrogen and oxygen atoms in total. The van der Waals surface area contributed by atoms with Gasteiger partial charge >= 0.3 is 0 Å². The van der Waals surface area contributed by atoms with Gasteiger partial charge in [-0.2, -0.15) is 0 Å². The Kier molecular flexibility index (Phi) is 35.4. The van der Waals surface area contributed by atoms with Crippen LogP contribution in [0.4, 0.5) is 0 Å². The SMILES string of the molecule is CCCCCCCCCCCCC#CC#CCCCCCCCCC(=O)NC[C@H]1O[C@@H]2O[C@H]3[C@H](O)[C@@H](O)[C@@H](O[C@H]4[C@H](O)[C@@H](O)[C@@H](O[C@H]5[C@H](O)[C@@H](O)[C@@H](O[C@H]6[C@H](O)[C@@H](O)[C@@H](O[C@H]7[C@H](O)[C@@H](O)[C@@H](O[C@H]8[C@H](O)[C@@H](O)[C@@H](O[C@H]1[C@H](O)[C@H]2O)O[C@@H]8CO)O[C@@H]7CO)O[C@@H]6CO)O[C@@H]5CO)O[C@@H]4CO)O[C@@H]3CO. The van der Waals surface area contributed by atoms with Gasteiger partial charge in [-0.1, -0.05) is 102 Å². The van der Waals surface area contributed by atoms with Crippen LogP contribution in [0.2, 0.25) is 0 Å². The van der Waals surface area contributed by atoms with Gasteiger partial charge in [-0.15, -0.1) is 0 Å². The lowest BCUT2D eigenvalue weighted by atomic mass is 9.95. The molecule has 0 aromatic carbocycles. The highest BCUT2D eigenvalue weighted by Gasteiger charge is 2.60. The highest BCUT2D eigenvalue weighted by Crippen LogP contribution is 2.39. The molecule has 35 atom stereocenters. The quantitative estimate of drug-likeness (QED) is 0.0283. The number of carbonyl (C=O) groups excluding carboxylic acids is 1. The van der Waals surface area contributed by atoms with Crippen LogP contribution in [-0.2, 0) is 71.1 Å². The summed E-state index contributed by atoms with van der Waals surface area (Å²) in [7, 11) is 0. The van der Waals surface area contributed by atoms with Gasteiger partial charge in [0.1, 0.15) is 171 Å². The molecule has 103 heavy (non-hydrogen) atoms. The Bertz CT molecular complexity index is 2570. The first-order valence-electron chi connectivity index (χ1n) is 36.1. The molecule has 21 aliphatic rings. The van der Waals surface area contributed by atoms with E-state index in [4.69, 9.17) is 66.3 Å². The molecule has 1 amide bonds. The minimum absolute atomic E-state index is 0.00712. The van der Waals surface area contributed by atoms with Crippen LogP contribution in [0.5, 0.6) is 0 Å². The van der Waals surface area contributed by atoms with Gasteiger partial charge < -0.3 is 174 Å². The molecule has 36 heteroatoms. The zero-order valence-electron chi connectivity index (χ0n) is 57.7. The van der Waals surface area contributed by atoms with Crippen molar-refractivity contribution < 1.29 is 173 Å². The van der Waals surface area contributed by atoms with Crippen LogP contribution in [-0.4, -0.2) is 369 Å². The van der Waals surface area contributed by atoms with E-state index in [-0.39, 0.29) is 6.42 Å². The third kappa shape index (κ3) is 22.1. The highest BCUT2D eigenvalue weighted by atomic mass is 16.8. The molecule has 0 saturated carbocycles. The van der Waals surface area contributed by atoms with E-state index in [1.54, 1.807) is 0 Å². The van der Waals surface area contributed by atoms with E-state index in [1.165, 1.54) is 57.8 Å². The molecule has 0 unspecified atom stereocenters. The zero-order valence-corrected chi connectivity index (χ0v) is 57.7. The van der Waals surface area contributed by atoms with E-state index in [2.05, 4.69) is 35.9 Å². The number of nitrogens with one attached hydrogen (secondary N) is 1. The van der Waals surface area contributed by atoms with Gasteiger partial charge in [-0.25, -0.2) is 0 Å². The maximum absolute atomic E-state index is 13.5. The number of hydrogen-bond acceptors (Lipinski definition) is 35. The lowest BCUT2D eigenvalue weighted by molar-refractivity contribution is -0.396. The summed E-state index contributed by atoms with van der Waals surface area (Å²) in [4.78, 5) is 13.5. The Labute approximate surface area is 596 Å². The number of hydrogen-bond donors (Lipinski definition) is 21. The fourth-order valence-corrected chi connectivity index (χ4v) is 13.9. The fourth-order valence-electron chi connectivity index (χ4n) is 13.9. The molecule has 0 radical (unpaired) electrons. The average Bonchev–Trinajstić information content (AvgIpc) is 1.01. The van der Waals surface area contributed by atoms with E-state index < -0.39 is 267 Å². The standard InChI is InChI=1S/C67H111NO35/c1-2-3-4-5-6-7-8-9-10-11-12-13-14-15-16-17-18-19-20-21-22-23-24-39(75)68-25-32-54-40(76)47(83)61(90-32)98-55-33(26-69)92-63(49(85)42(55)78)100-57-35(28-71)94-65(51(87)44(57)80)102-59-37(30-73)96-67(53(89)46(59)82)103-60-38(31-74)95-66(52(88)45(60)81)101-58-36(29-72)93-64(50(86)43(58)79)99-56-34(27-70)91-62(97-54)48(84)41(56)77/h32-38,40-67,69-74,76-89H,2-12,17-31H2,1H3,(H,68,75)/t32-,33-,34-,35-,36-,37-,38-,40-,41-,42-,43-,44-,45-,46-,47-,48-,49-,50-,51-,52-,53-,54-,55-,56-,57-,58-,59-,60-,61-,62-,63-,64-,65-,66-,67-/m1/s1. The van der Waals surface area contributed by atoms with E-state index in [9.17, 15) is 107 Å². The summed E-state index contributed by atoms with van der Waals surface area (Å²) in [6.07, 6.45) is -52.1. The number of carbonyl (C=O) groups is 1. The molecule has 21 N–H and O–H groups in total. The van der Waals surface area contributed by atoms with E-state index in [0.717, 1.165) is 38.5 Å². The average molecular weight is 1490 g/mol. The van der Waals surface area contributed by atoms with Crippen LogP contribution in [0.3, 0.4) is 0 Å². The van der Waals surface area contributed by atoms with E-state index in [0.29, 0.717) is 19.3 Å². The molecule has 0 spiro atoms. The van der Waals surface area contributed by atoms with Gasteiger partial charge in [0.15, 0.2) is 44.0 Å². The van der Waals surface area contributed by atoms with Crippen LogP contribution in [0.15, 0.2) is 0 Å². The number of aliphatic hydroxyl groups is 20. The Morgan fingerprint density at radius 3 is 0.709 bits per heavy atom. The Hall–Kier alpha value is -2.77. The largest absolute Gasteiger partial charge is 0.394 e. The van der Waals surface area contributed by atoms with Gasteiger partial charge in [0.2, 0.25) is 5.91 Å². The number of aliphatic hydroxyl groups excluding tert-OH is 20. The topological polar surface area (TPSA) is 563 Å².